The van der Waals surface area contributed by atoms with E-state index in [1.54, 1.807) is 13.8 Å². The number of aromatic nitrogens is 5. The van der Waals surface area contributed by atoms with E-state index in [2.05, 4.69) is 25.7 Å². The third-order valence-corrected chi connectivity index (χ3v) is 2.70. The highest BCUT2D eigenvalue weighted by Crippen LogP contribution is 2.15. The second kappa shape index (κ2) is 4.98. The van der Waals surface area contributed by atoms with E-state index < -0.39 is 0 Å². The van der Waals surface area contributed by atoms with Crippen LogP contribution in [0, 0.1) is 13.8 Å². The maximum absolute atomic E-state index is 11.3. The molecule has 2 heterocycles. The van der Waals surface area contributed by atoms with Crippen molar-refractivity contribution in [3.8, 4) is 5.95 Å². The average Bonchev–Trinajstić information content (AvgIpc) is 2.66. The van der Waals surface area contributed by atoms with E-state index >= 15 is 0 Å². The Bertz CT molecular complexity index is 673. The third-order valence-electron chi connectivity index (χ3n) is 2.70. The summed E-state index contributed by atoms with van der Waals surface area (Å²) in [4.78, 5) is 25.1. The van der Waals surface area contributed by atoms with Crippen molar-refractivity contribution in [3.05, 3.63) is 33.5 Å². The van der Waals surface area contributed by atoms with E-state index in [1.807, 2.05) is 0 Å². The van der Waals surface area contributed by atoms with E-state index in [4.69, 9.17) is 5.84 Å². The number of nitrogens with two attached hydrogens (primary N) is 1. The molecule has 0 fully saturated rings. The molecule has 0 spiro atoms. The molecule has 0 aliphatic heterocycles. The van der Waals surface area contributed by atoms with Crippen molar-refractivity contribution in [1.82, 2.24) is 30.4 Å². The van der Waals surface area contributed by atoms with Gasteiger partial charge in [0.05, 0.1) is 12.1 Å². The zero-order valence-corrected chi connectivity index (χ0v) is 10.5. The zero-order valence-electron chi connectivity index (χ0n) is 10.5. The van der Waals surface area contributed by atoms with Crippen LogP contribution in [0.2, 0.25) is 0 Å². The number of hydrogen-bond donors (Lipinski definition) is 3. The quantitative estimate of drug-likeness (QED) is 0.351. The molecule has 0 unspecified atom stereocenters. The highest BCUT2D eigenvalue weighted by atomic mass is 16.2. The molecule has 2 aromatic rings. The molecule has 0 aliphatic carbocycles. The first kappa shape index (κ1) is 12.9. The topological polar surface area (TPSA) is 132 Å². The first-order valence-electron chi connectivity index (χ1n) is 5.50. The largest absolute Gasteiger partial charge is 0.294 e. The van der Waals surface area contributed by atoms with Crippen LogP contribution in [0.4, 0.5) is 0 Å². The first-order chi connectivity index (χ1) is 9.02. The predicted octanol–water partition coefficient (Wildman–Crippen LogP) is -1.50. The van der Waals surface area contributed by atoms with Gasteiger partial charge in [-0.3, -0.25) is 20.0 Å². The number of rotatable bonds is 3. The normalized spacial score (nSPS) is 10.5. The van der Waals surface area contributed by atoms with Crippen molar-refractivity contribution >= 4 is 5.91 Å². The molecule has 4 N–H and O–H groups in total. The molecule has 0 aromatic carbocycles. The van der Waals surface area contributed by atoms with Gasteiger partial charge >= 0.3 is 0 Å². The Morgan fingerprint density at radius 2 is 2.26 bits per heavy atom. The van der Waals surface area contributed by atoms with Gasteiger partial charge in [-0.05, 0) is 13.8 Å². The van der Waals surface area contributed by atoms with Crippen molar-refractivity contribution in [2.75, 3.05) is 0 Å². The van der Waals surface area contributed by atoms with Gasteiger partial charge in [-0.25, -0.2) is 10.5 Å². The Labute approximate surface area is 107 Å². The van der Waals surface area contributed by atoms with Crippen LogP contribution in [-0.4, -0.2) is 30.9 Å². The average molecular weight is 263 g/mol. The number of carbonyl (C=O) groups is 1. The number of hydrogen-bond acceptors (Lipinski definition) is 6. The lowest BCUT2D eigenvalue weighted by Gasteiger charge is -2.03. The smallest absolute Gasteiger partial charge is 0.271 e. The number of amides is 1. The molecule has 2 rings (SSSR count). The molecule has 0 atom stereocenters. The van der Waals surface area contributed by atoms with Crippen LogP contribution < -0.4 is 16.8 Å². The maximum Gasteiger partial charge on any atom is 0.271 e. The Hall–Kier alpha value is -2.55. The van der Waals surface area contributed by atoms with Gasteiger partial charge in [0.1, 0.15) is 6.20 Å². The highest BCUT2D eigenvalue weighted by molar-refractivity contribution is 5.78. The van der Waals surface area contributed by atoms with Gasteiger partial charge in [0, 0.05) is 11.3 Å². The van der Waals surface area contributed by atoms with E-state index in [9.17, 15) is 9.59 Å². The van der Waals surface area contributed by atoms with Crippen molar-refractivity contribution in [2.24, 2.45) is 5.84 Å². The van der Waals surface area contributed by atoms with E-state index in [1.165, 1.54) is 4.68 Å². The van der Waals surface area contributed by atoms with Gasteiger partial charge in [-0.2, -0.15) is 5.10 Å². The summed E-state index contributed by atoms with van der Waals surface area (Å²) in [5.41, 5.74) is 3.77. The van der Waals surface area contributed by atoms with Gasteiger partial charge in [0.15, 0.2) is 0 Å². The number of aromatic amines is 1. The predicted molar refractivity (Wildman–Crippen MR) is 65.3 cm³/mol. The summed E-state index contributed by atoms with van der Waals surface area (Å²) in [6.45, 7) is 3.53. The van der Waals surface area contributed by atoms with Crippen LogP contribution in [0.25, 0.3) is 5.95 Å². The lowest BCUT2D eigenvalue weighted by Crippen LogP contribution is -2.31. The molecule has 0 aliphatic rings. The highest BCUT2D eigenvalue weighted by Gasteiger charge is 2.16. The molecular weight excluding hydrogens is 250 g/mol. The van der Waals surface area contributed by atoms with Gasteiger partial charge in [0.2, 0.25) is 5.91 Å². The van der Waals surface area contributed by atoms with Crippen LogP contribution in [-0.2, 0) is 11.2 Å². The fourth-order valence-electron chi connectivity index (χ4n) is 1.75. The van der Waals surface area contributed by atoms with Crippen molar-refractivity contribution < 1.29 is 4.79 Å². The van der Waals surface area contributed by atoms with E-state index in [0.717, 1.165) is 11.8 Å². The van der Waals surface area contributed by atoms with Gasteiger partial charge < -0.3 is 0 Å². The minimum Gasteiger partial charge on any atom is -0.294 e. The molecule has 0 saturated carbocycles. The van der Waals surface area contributed by atoms with E-state index in [0.29, 0.717) is 11.4 Å². The van der Waals surface area contributed by atoms with Gasteiger partial charge in [-0.1, -0.05) is 0 Å². The fourth-order valence-corrected chi connectivity index (χ4v) is 1.75. The summed E-state index contributed by atoms with van der Waals surface area (Å²) in [7, 11) is 0. The molecule has 0 radical (unpaired) electrons. The van der Waals surface area contributed by atoms with Crippen molar-refractivity contribution in [2.45, 2.75) is 20.3 Å². The fraction of sp³-hybridized carbons (Fsp3) is 0.300. The minimum atomic E-state index is -0.376. The summed E-state index contributed by atoms with van der Waals surface area (Å²) in [6.07, 6.45) is 1.18. The lowest BCUT2D eigenvalue weighted by molar-refractivity contribution is -0.120. The monoisotopic (exact) mass is 263 g/mol. The molecule has 2 aromatic heterocycles. The number of H-pyrrole nitrogens is 1. The molecule has 9 nitrogen and oxygen atoms in total. The number of aryl methyl sites for hydroxylation is 1. The van der Waals surface area contributed by atoms with Crippen LogP contribution in [0.1, 0.15) is 17.0 Å². The summed E-state index contributed by atoms with van der Waals surface area (Å²) < 4.78 is 1.43. The van der Waals surface area contributed by atoms with Gasteiger partial charge in [0.25, 0.3) is 11.5 Å². The Kier molecular flexibility index (Phi) is 3.38. The number of hydrazine groups is 1. The summed E-state index contributed by atoms with van der Waals surface area (Å²) in [5, 5.41) is 11.6. The number of nitrogens with one attached hydrogen (secondary N) is 2. The number of carbonyl (C=O) groups excluding carboxylic acids is 1. The lowest BCUT2D eigenvalue weighted by atomic mass is 10.1. The van der Waals surface area contributed by atoms with Crippen LogP contribution in [0.5, 0.6) is 0 Å². The Balaban J connectivity index is 2.47. The molecule has 19 heavy (non-hydrogen) atoms. The molecule has 1 amide bonds. The first-order valence-corrected chi connectivity index (χ1v) is 5.50. The van der Waals surface area contributed by atoms with Crippen LogP contribution >= 0.6 is 0 Å². The summed E-state index contributed by atoms with van der Waals surface area (Å²) >= 11 is 0. The van der Waals surface area contributed by atoms with Gasteiger partial charge in [-0.15, -0.1) is 10.2 Å². The standard InChI is InChI=1S/C10H13N7O2/c1-5-7(3-8(18)14-11)6(2)17(16-5)10-13-9(19)4-12-15-10/h4H,3,11H2,1-2H3,(H,14,18)(H,13,15,19). The Morgan fingerprint density at radius 3 is 2.89 bits per heavy atom. The molecule has 100 valence electrons. The Morgan fingerprint density at radius 1 is 1.53 bits per heavy atom. The molecule has 0 bridgehead atoms. The second-order valence-electron chi connectivity index (χ2n) is 3.96. The summed E-state index contributed by atoms with van der Waals surface area (Å²) in [6, 6.07) is 0. The van der Waals surface area contributed by atoms with Crippen molar-refractivity contribution in [3.63, 3.8) is 0 Å². The van der Waals surface area contributed by atoms with Crippen LogP contribution in [0.15, 0.2) is 11.0 Å². The molecule has 9 heteroatoms. The zero-order chi connectivity index (χ0) is 14.0. The number of nitrogens with zero attached hydrogens (tertiary/aromatic N) is 4. The van der Waals surface area contributed by atoms with Crippen molar-refractivity contribution in [1.29, 1.82) is 0 Å². The van der Waals surface area contributed by atoms with Crippen LogP contribution in [0.3, 0.4) is 0 Å². The second-order valence-corrected chi connectivity index (χ2v) is 3.96. The SMILES string of the molecule is Cc1nn(-c2nncc(=O)[nH]2)c(C)c1CC(=O)NN. The van der Waals surface area contributed by atoms with E-state index in [-0.39, 0.29) is 23.8 Å². The summed E-state index contributed by atoms with van der Waals surface area (Å²) in [5.74, 6) is 4.94. The molecule has 0 saturated heterocycles. The maximum atomic E-state index is 11.3. The third kappa shape index (κ3) is 2.50. The molecular formula is C10H13N7O2. The minimum absolute atomic E-state index is 0.110.